The Bertz CT molecular complexity index is 301. The summed E-state index contributed by atoms with van der Waals surface area (Å²) in [6, 6.07) is 1.65. The van der Waals surface area contributed by atoms with Crippen LogP contribution in [-0.2, 0) is 0 Å². The Morgan fingerprint density at radius 3 is 2.92 bits per heavy atom. The summed E-state index contributed by atoms with van der Waals surface area (Å²) in [4.78, 5) is 3.95. The van der Waals surface area contributed by atoms with Crippen molar-refractivity contribution < 1.29 is 0 Å². The first-order valence-electron chi connectivity index (χ1n) is 3.65. The SMILES string of the molecule is C#Cc1cncc(C(N)CN)c1. The van der Waals surface area contributed by atoms with E-state index in [0.717, 1.165) is 11.1 Å². The smallest absolute Gasteiger partial charge is 0.0435 e. The van der Waals surface area contributed by atoms with Crippen LogP contribution in [0.1, 0.15) is 17.2 Å². The summed E-state index contributed by atoms with van der Waals surface area (Å²) in [6.45, 7) is 0.399. The van der Waals surface area contributed by atoms with Crippen molar-refractivity contribution in [2.75, 3.05) is 6.54 Å². The molecular weight excluding hydrogens is 150 g/mol. The fraction of sp³-hybridized carbons (Fsp3) is 0.222. The Morgan fingerprint density at radius 1 is 1.58 bits per heavy atom. The Balaban J connectivity index is 2.95. The molecule has 0 aliphatic heterocycles. The van der Waals surface area contributed by atoms with Crippen LogP contribution < -0.4 is 11.5 Å². The quantitative estimate of drug-likeness (QED) is 0.601. The van der Waals surface area contributed by atoms with E-state index in [4.69, 9.17) is 17.9 Å². The van der Waals surface area contributed by atoms with Crippen molar-refractivity contribution in [1.29, 1.82) is 0 Å². The lowest BCUT2D eigenvalue weighted by Crippen LogP contribution is -2.20. The third-order valence-electron chi connectivity index (χ3n) is 1.61. The van der Waals surface area contributed by atoms with Gasteiger partial charge in [0.2, 0.25) is 0 Å². The normalized spacial score (nSPS) is 12.1. The number of nitrogens with two attached hydrogens (primary N) is 2. The largest absolute Gasteiger partial charge is 0.329 e. The van der Waals surface area contributed by atoms with Crippen LogP contribution in [0, 0.1) is 12.3 Å². The predicted octanol–water partition coefficient (Wildman–Crippen LogP) is 0.0214. The van der Waals surface area contributed by atoms with E-state index in [-0.39, 0.29) is 6.04 Å². The highest BCUT2D eigenvalue weighted by Gasteiger charge is 2.03. The van der Waals surface area contributed by atoms with Gasteiger partial charge in [-0.1, -0.05) is 5.92 Å². The summed E-state index contributed by atoms with van der Waals surface area (Å²) in [5, 5.41) is 0. The molecular formula is C9H11N3. The molecule has 1 aromatic rings. The molecule has 0 radical (unpaired) electrons. The number of hydrogen-bond acceptors (Lipinski definition) is 3. The minimum absolute atomic E-state index is 0.175. The van der Waals surface area contributed by atoms with Crippen molar-refractivity contribution in [2.45, 2.75) is 6.04 Å². The third kappa shape index (κ3) is 1.82. The Hall–Kier alpha value is -1.37. The first-order valence-corrected chi connectivity index (χ1v) is 3.65. The van der Waals surface area contributed by atoms with Crippen LogP contribution in [0.25, 0.3) is 0 Å². The molecule has 0 saturated heterocycles. The van der Waals surface area contributed by atoms with Crippen molar-refractivity contribution >= 4 is 0 Å². The van der Waals surface area contributed by atoms with E-state index < -0.39 is 0 Å². The maximum absolute atomic E-state index is 5.68. The number of aromatic nitrogens is 1. The zero-order valence-corrected chi connectivity index (χ0v) is 6.70. The van der Waals surface area contributed by atoms with Gasteiger partial charge in [-0.25, -0.2) is 0 Å². The van der Waals surface area contributed by atoms with Crippen molar-refractivity contribution in [3.63, 3.8) is 0 Å². The molecule has 0 fully saturated rings. The molecule has 3 heteroatoms. The van der Waals surface area contributed by atoms with E-state index in [1.807, 2.05) is 6.07 Å². The summed E-state index contributed by atoms with van der Waals surface area (Å²) >= 11 is 0. The molecule has 62 valence electrons. The van der Waals surface area contributed by atoms with Crippen molar-refractivity contribution in [2.24, 2.45) is 11.5 Å². The number of rotatable bonds is 2. The first kappa shape index (κ1) is 8.72. The van der Waals surface area contributed by atoms with E-state index in [9.17, 15) is 0 Å². The second-order valence-electron chi connectivity index (χ2n) is 2.49. The lowest BCUT2D eigenvalue weighted by atomic mass is 10.1. The molecule has 1 unspecified atom stereocenters. The molecule has 0 aromatic carbocycles. The summed E-state index contributed by atoms with van der Waals surface area (Å²) in [5.74, 6) is 2.49. The summed E-state index contributed by atoms with van der Waals surface area (Å²) in [6.07, 6.45) is 8.49. The average molecular weight is 161 g/mol. The van der Waals surface area contributed by atoms with Crippen LogP contribution in [0.3, 0.4) is 0 Å². The van der Waals surface area contributed by atoms with E-state index >= 15 is 0 Å². The Morgan fingerprint density at radius 2 is 2.33 bits per heavy atom. The lowest BCUT2D eigenvalue weighted by Gasteiger charge is -2.07. The summed E-state index contributed by atoms with van der Waals surface area (Å²) in [5.41, 5.74) is 12.7. The molecule has 0 aliphatic rings. The molecule has 0 amide bonds. The second-order valence-corrected chi connectivity index (χ2v) is 2.49. The van der Waals surface area contributed by atoms with Crippen molar-refractivity contribution in [1.82, 2.24) is 4.98 Å². The van der Waals surface area contributed by atoms with Crippen LogP contribution in [0.15, 0.2) is 18.5 Å². The number of hydrogen-bond donors (Lipinski definition) is 2. The molecule has 0 bridgehead atoms. The molecule has 4 N–H and O–H groups in total. The standard InChI is InChI=1S/C9H11N3/c1-2-7-3-8(6-12-5-7)9(11)4-10/h1,3,5-6,9H,4,10-11H2. The maximum atomic E-state index is 5.68. The van der Waals surface area contributed by atoms with Gasteiger partial charge in [-0.3, -0.25) is 4.98 Å². The zero-order valence-electron chi connectivity index (χ0n) is 6.70. The molecule has 3 nitrogen and oxygen atoms in total. The fourth-order valence-electron chi connectivity index (χ4n) is 0.876. The highest BCUT2D eigenvalue weighted by molar-refractivity contribution is 5.33. The van der Waals surface area contributed by atoms with Gasteiger partial charge in [-0.05, 0) is 11.6 Å². The highest BCUT2D eigenvalue weighted by atomic mass is 14.7. The van der Waals surface area contributed by atoms with Gasteiger partial charge in [0.15, 0.2) is 0 Å². The third-order valence-corrected chi connectivity index (χ3v) is 1.61. The molecule has 12 heavy (non-hydrogen) atoms. The lowest BCUT2D eigenvalue weighted by molar-refractivity contribution is 0.732. The van der Waals surface area contributed by atoms with Gasteiger partial charge < -0.3 is 11.5 Å². The Kier molecular flexibility index (Phi) is 2.81. The van der Waals surface area contributed by atoms with E-state index in [0.29, 0.717) is 6.54 Å². The molecule has 1 rings (SSSR count). The number of terminal acetylenes is 1. The van der Waals surface area contributed by atoms with Crippen molar-refractivity contribution in [3.05, 3.63) is 29.6 Å². The molecule has 1 heterocycles. The molecule has 1 aromatic heterocycles. The van der Waals surface area contributed by atoms with Crippen LogP contribution in [-0.4, -0.2) is 11.5 Å². The molecule has 0 saturated carbocycles. The summed E-state index contributed by atoms with van der Waals surface area (Å²) < 4.78 is 0. The monoisotopic (exact) mass is 161 g/mol. The van der Waals surface area contributed by atoms with Gasteiger partial charge in [0, 0.05) is 30.5 Å². The predicted molar refractivity (Wildman–Crippen MR) is 48.2 cm³/mol. The molecule has 0 aliphatic carbocycles. The highest BCUT2D eigenvalue weighted by Crippen LogP contribution is 2.08. The van der Waals surface area contributed by atoms with Crippen LogP contribution >= 0.6 is 0 Å². The first-order chi connectivity index (χ1) is 5.77. The van der Waals surface area contributed by atoms with E-state index in [1.54, 1.807) is 12.4 Å². The molecule has 0 spiro atoms. The van der Waals surface area contributed by atoms with E-state index in [2.05, 4.69) is 10.9 Å². The Labute approximate surface area is 71.8 Å². The van der Waals surface area contributed by atoms with Gasteiger partial charge in [-0.15, -0.1) is 6.42 Å². The van der Waals surface area contributed by atoms with Crippen LogP contribution in [0.2, 0.25) is 0 Å². The zero-order chi connectivity index (χ0) is 8.97. The second kappa shape index (κ2) is 3.86. The topological polar surface area (TPSA) is 64.9 Å². The minimum atomic E-state index is -0.175. The summed E-state index contributed by atoms with van der Waals surface area (Å²) in [7, 11) is 0. The van der Waals surface area contributed by atoms with Gasteiger partial charge in [-0.2, -0.15) is 0 Å². The maximum Gasteiger partial charge on any atom is 0.0435 e. The fourth-order valence-corrected chi connectivity index (χ4v) is 0.876. The van der Waals surface area contributed by atoms with Gasteiger partial charge in [0.05, 0.1) is 0 Å². The van der Waals surface area contributed by atoms with Gasteiger partial charge in [0.25, 0.3) is 0 Å². The van der Waals surface area contributed by atoms with Gasteiger partial charge >= 0.3 is 0 Å². The van der Waals surface area contributed by atoms with Crippen molar-refractivity contribution in [3.8, 4) is 12.3 Å². The van der Waals surface area contributed by atoms with Gasteiger partial charge in [0.1, 0.15) is 0 Å². The average Bonchev–Trinajstić information content (AvgIpc) is 2.17. The van der Waals surface area contributed by atoms with Crippen LogP contribution in [0.4, 0.5) is 0 Å². The van der Waals surface area contributed by atoms with Crippen LogP contribution in [0.5, 0.6) is 0 Å². The number of pyridine rings is 1. The molecule has 1 atom stereocenters. The number of nitrogens with zero attached hydrogens (tertiary/aromatic N) is 1. The minimum Gasteiger partial charge on any atom is -0.329 e. The van der Waals surface area contributed by atoms with E-state index in [1.165, 1.54) is 0 Å².